The lowest BCUT2D eigenvalue weighted by Gasteiger charge is -2.13. The molecule has 1 amide bonds. The van der Waals surface area contributed by atoms with Gasteiger partial charge in [-0.2, -0.15) is 0 Å². The standard InChI is InChI=1S/C27H27IN2O3S/c1-3-18-7-12-22(13-8-18)29-27-30-26(31)25(34-27)16-20-9-14-23(24(15-20)32-4-2)33-17-19-5-10-21(28)11-6-19/h5-16,27,29H,3-4,17H2,1-2H3,(H,30,31)/b25-16-/t27-/m0/s1. The summed E-state index contributed by atoms with van der Waals surface area (Å²) in [5.41, 5.74) is 4.02. The molecule has 1 atom stereocenters. The maximum Gasteiger partial charge on any atom is 0.260 e. The summed E-state index contributed by atoms with van der Waals surface area (Å²) in [6.45, 7) is 5.06. The predicted molar refractivity (Wildman–Crippen MR) is 148 cm³/mol. The predicted octanol–water partition coefficient (Wildman–Crippen LogP) is 6.43. The molecular weight excluding hydrogens is 559 g/mol. The van der Waals surface area contributed by atoms with Gasteiger partial charge < -0.3 is 20.1 Å². The fourth-order valence-electron chi connectivity index (χ4n) is 3.45. The Hall–Kier alpha value is -2.65. The van der Waals surface area contributed by atoms with E-state index in [1.54, 1.807) is 0 Å². The second kappa shape index (κ2) is 11.7. The van der Waals surface area contributed by atoms with Crippen LogP contribution in [0, 0.1) is 3.57 Å². The van der Waals surface area contributed by atoms with Crippen molar-refractivity contribution in [3.05, 3.63) is 91.9 Å². The first-order valence-corrected chi connectivity index (χ1v) is 13.2. The van der Waals surface area contributed by atoms with Crippen molar-refractivity contribution in [2.24, 2.45) is 0 Å². The van der Waals surface area contributed by atoms with E-state index >= 15 is 0 Å². The Morgan fingerprint density at radius 2 is 1.71 bits per heavy atom. The molecule has 1 saturated heterocycles. The number of anilines is 1. The summed E-state index contributed by atoms with van der Waals surface area (Å²) >= 11 is 3.75. The van der Waals surface area contributed by atoms with E-state index in [1.807, 2.05) is 43.3 Å². The molecule has 0 unspecified atom stereocenters. The first-order valence-electron chi connectivity index (χ1n) is 11.2. The summed E-state index contributed by atoms with van der Waals surface area (Å²) in [5.74, 6) is 1.25. The van der Waals surface area contributed by atoms with Crippen LogP contribution in [0.1, 0.15) is 30.5 Å². The molecule has 1 aliphatic heterocycles. The summed E-state index contributed by atoms with van der Waals surface area (Å²) in [6.07, 6.45) is 2.88. The van der Waals surface area contributed by atoms with Crippen LogP contribution in [-0.4, -0.2) is 18.0 Å². The molecule has 3 aromatic rings. The summed E-state index contributed by atoms with van der Waals surface area (Å²) in [7, 11) is 0. The number of ether oxygens (including phenoxy) is 2. The molecule has 3 aromatic carbocycles. The zero-order valence-corrected chi connectivity index (χ0v) is 22.1. The van der Waals surface area contributed by atoms with Crippen molar-refractivity contribution in [1.82, 2.24) is 5.32 Å². The number of hydrogen-bond acceptors (Lipinski definition) is 5. The Morgan fingerprint density at radius 1 is 0.971 bits per heavy atom. The third-order valence-corrected chi connectivity index (χ3v) is 7.01. The van der Waals surface area contributed by atoms with Gasteiger partial charge >= 0.3 is 0 Å². The maximum atomic E-state index is 12.5. The van der Waals surface area contributed by atoms with Crippen molar-refractivity contribution in [3.8, 4) is 11.5 Å². The van der Waals surface area contributed by atoms with Gasteiger partial charge in [-0.1, -0.05) is 49.0 Å². The normalized spacial score (nSPS) is 16.4. The summed E-state index contributed by atoms with van der Waals surface area (Å²) in [6, 6.07) is 22.2. The highest BCUT2D eigenvalue weighted by molar-refractivity contribution is 14.1. The average Bonchev–Trinajstić information content (AvgIpc) is 3.18. The van der Waals surface area contributed by atoms with E-state index in [4.69, 9.17) is 9.47 Å². The molecular formula is C27H27IN2O3S. The molecule has 2 N–H and O–H groups in total. The van der Waals surface area contributed by atoms with Crippen LogP contribution in [0.3, 0.4) is 0 Å². The van der Waals surface area contributed by atoms with Crippen LogP contribution in [0.15, 0.2) is 71.6 Å². The van der Waals surface area contributed by atoms with Crippen molar-refractivity contribution in [1.29, 1.82) is 0 Å². The Bertz CT molecular complexity index is 1160. The molecule has 7 heteroatoms. The molecule has 34 heavy (non-hydrogen) atoms. The number of amides is 1. The van der Waals surface area contributed by atoms with E-state index in [0.717, 1.165) is 23.2 Å². The Morgan fingerprint density at radius 3 is 2.41 bits per heavy atom. The fraction of sp³-hybridized carbons (Fsp3) is 0.222. The Kier molecular flexibility index (Phi) is 8.39. The lowest BCUT2D eigenvalue weighted by atomic mass is 10.1. The highest BCUT2D eigenvalue weighted by Gasteiger charge is 2.27. The molecule has 1 fully saturated rings. The van der Waals surface area contributed by atoms with Crippen LogP contribution in [0.25, 0.3) is 6.08 Å². The summed E-state index contributed by atoms with van der Waals surface area (Å²) in [4.78, 5) is 13.2. The van der Waals surface area contributed by atoms with Crippen LogP contribution in [0.5, 0.6) is 11.5 Å². The van der Waals surface area contributed by atoms with Gasteiger partial charge in [-0.25, -0.2) is 0 Å². The van der Waals surface area contributed by atoms with E-state index in [-0.39, 0.29) is 11.4 Å². The monoisotopic (exact) mass is 586 g/mol. The van der Waals surface area contributed by atoms with Gasteiger partial charge in [0, 0.05) is 9.26 Å². The second-order valence-electron chi connectivity index (χ2n) is 7.73. The summed E-state index contributed by atoms with van der Waals surface area (Å²) < 4.78 is 13.0. The average molecular weight is 586 g/mol. The highest BCUT2D eigenvalue weighted by atomic mass is 127. The van der Waals surface area contributed by atoms with Gasteiger partial charge in [0.2, 0.25) is 0 Å². The van der Waals surface area contributed by atoms with Gasteiger partial charge in [0.1, 0.15) is 6.61 Å². The zero-order valence-electron chi connectivity index (χ0n) is 19.1. The number of aryl methyl sites for hydroxylation is 1. The molecule has 0 radical (unpaired) electrons. The number of rotatable bonds is 9. The van der Waals surface area contributed by atoms with E-state index in [0.29, 0.717) is 29.6 Å². The molecule has 0 saturated carbocycles. The van der Waals surface area contributed by atoms with E-state index in [2.05, 4.69) is 76.5 Å². The van der Waals surface area contributed by atoms with Crippen molar-refractivity contribution >= 4 is 52.0 Å². The van der Waals surface area contributed by atoms with Crippen LogP contribution >= 0.6 is 34.4 Å². The van der Waals surface area contributed by atoms with Gasteiger partial charge in [0.05, 0.1) is 11.5 Å². The zero-order chi connectivity index (χ0) is 23.9. The lowest BCUT2D eigenvalue weighted by Crippen LogP contribution is -2.30. The van der Waals surface area contributed by atoms with Gasteiger partial charge in [-0.15, -0.1) is 0 Å². The minimum absolute atomic E-state index is 0.0929. The minimum Gasteiger partial charge on any atom is -0.490 e. The molecule has 4 rings (SSSR count). The molecule has 0 spiro atoms. The van der Waals surface area contributed by atoms with E-state index in [1.165, 1.54) is 20.9 Å². The third kappa shape index (κ3) is 6.48. The smallest absolute Gasteiger partial charge is 0.260 e. The lowest BCUT2D eigenvalue weighted by molar-refractivity contribution is -0.116. The first-order chi connectivity index (χ1) is 16.5. The van der Waals surface area contributed by atoms with Gasteiger partial charge in [-0.3, -0.25) is 4.79 Å². The quantitative estimate of drug-likeness (QED) is 0.224. The summed E-state index contributed by atoms with van der Waals surface area (Å²) in [5, 5.41) is 6.34. The number of thioether (sulfide) groups is 1. The highest BCUT2D eigenvalue weighted by Crippen LogP contribution is 2.34. The minimum atomic E-state index is -0.214. The number of hydrogen-bond donors (Lipinski definition) is 2. The Labute approximate surface area is 218 Å². The van der Waals surface area contributed by atoms with Crippen LogP contribution in [-0.2, 0) is 17.8 Å². The number of carbonyl (C=O) groups is 1. The molecule has 5 nitrogen and oxygen atoms in total. The number of halogens is 1. The van der Waals surface area contributed by atoms with Crippen molar-refractivity contribution in [2.75, 3.05) is 11.9 Å². The topological polar surface area (TPSA) is 59.6 Å². The molecule has 1 aliphatic rings. The van der Waals surface area contributed by atoms with Crippen LogP contribution in [0.4, 0.5) is 5.69 Å². The molecule has 0 bridgehead atoms. The van der Waals surface area contributed by atoms with Crippen molar-refractivity contribution < 1.29 is 14.3 Å². The number of carbonyl (C=O) groups excluding carboxylic acids is 1. The fourth-order valence-corrected chi connectivity index (χ4v) is 4.79. The van der Waals surface area contributed by atoms with Crippen molar-refractivity contribution in [2.45, 2.75) is 32.4 Å². The molecule has 1 heterocycles. The van der Waals surface area contributed by atoms with Gasteiger partial charge in [-0.05, 0) is 95.1 Å². The van der Waals surface area contributed by atoms with Crippen molar-refractivity contribution in [3.63, 3.8) is 0 Å². The van der Waals surface area contributed by atoms with E-state index < -0.39 is 0 Å². The maximum absolute atomic E-state index is 12.5. The number of benzene rings is 3. The first kappa shape index (κ1) is 24.5. The largest absolute Gasteiger partial charge is 0.490 e. The Balaban J connectivity index is 1.44. The van der Waals surface area contributed by atoms with E-state index in [9.17, 15) is 4.79 Å². The van der Waals surface area contributed by atoms with Gasteiger partial charge in [0.25, 0.3) is 5.91 Å². The molecule has 0 aliphatic carbocycles. The van der Waals surface area contributed by atoms with Crippen LogP contribution < -0.4 is 20.1 Å². The SMILES string of the molecule is CCOc1cc(/C=C2\S[C@@H](Nc3ccc(CC)cc3)NC2=O)ccc1OCc1ccc(I)cc1. The van der Waals surface area contributed by atoms with Crippen LogP contribution in [0.2, 0.25) is 0 Å². The molecule has 0 aromatic heterocycles. The molecule has 176 valence electrons. The second-order valence-corrected chi connectivity index (χ2v) is 10.1. The third-order valence-electron chi connectivity index (χ3n) is 5.26. The van der Waals surface area contributed by atoms with Gasteiger partial charge in [0.15, 0.2) is 17.0 Å². The number of nitrogens with one attached hydrogen (secondary N) is 2.